The van der Waals surface area contributed by atoms with Gasteiger partial charge in [0.2, 0.25) is 0 Å². The molecule has 1 aliphatic carbocycles. The van der Waals surface area contributed by atoms with Crippen molar-refractivity contribution in [3.8, 4) is 5.75 Å². The summed E-state index contributed by atoms with van der Waals surface area (Å²) in [5.74, 6) is 0.844. The lowest BCUT2D eigenvalue weighted by atomic mass is 9.68. The van der Waals surface area contributed by atoms with Crippen molar-refractivity contribution in [3.63, 3.8) is 0 Å². The van der Waals surface area contributed by atoms with E-state index in [1.165, 1.54) is 63.6 Å². The van der Waals surface area contributed by atoms with E-state index in [-0.39, 0.29) is 0 Å². The molecule has 1 saturated heterocycles. The van der Waals surface area contributed by atoms with Crippen LogP contribution in [0.4, 0.5) is 5.69 Å². The third kappa shape index (κ3) is 3.34. The van der Waals surface area contributed by atoms with E-state index in [2.05, 4.69) is 11.0 Å². The number of ether oxygens (including phenoxy) is 1. The number of anilines is 1. The first-order valence-electron chi connectivity index (χ1n) is 8.36. The molecule has 1 aromatic rings. The van der Waals surface area contributed by atoms with Gasteiger partial charge in [-0.25, -0.2) is 0 Å². The van der Waals surface area contributed by atoms with Crippen molar-refractivity contribution < 1.29 is 4.74 Å². The molecule has 0 bridgehead atoms. The van der Waals surface area contributed by atoms with E-state index in [4.69, 9.17) is 10.5 Å². The van der Waals surface area contributed by atoms with Gasteiger partial charge < -0.3 is 10.5 Å². The van der Waals surface area contributed by atoms with E-state index in [0.717, 1.165) is 18.0 Å². The van der Waals surface area contributed by atoms with Crippen LogP contribution < -0.4 is 10.5 Å². The molecule has 2 fully saturated rings. The van der Waals surface area contributed by atoms with Gasteiger partial charge in [0.15, 0.2) is 0 Å². The van der Waals surface area contributed by atoms with Gasteiger partial charge in [-0.2, -0.15) is 0 Å². The molecule has 0 unspecified atom stereocenters. The first-order chi connectivity index (χ1) is 10.2. The molecule has 1 saturated carbocycles. The van der Waals surface area contributed by atoms with Crippen molar-refractivity contribution >= 4 is 5.69 Å². The number of methoxy groups -OCH3 is 1. The summed E-state index contributed by atoms with van der Waals surface area (Å²) in [4.78, 5) is 2.57. The minimum atomic E-state index is 0.681. The number of hydrogen-bond donors (Lipinski definition) is 1. The third-order valence-corrected chi connectivity index (χ3v) is 5.58. The Morgan fingerprint density at radius 1 is 1.10 bits per heavy atom. The van der Waals surface area contributed by atoms with Gasteiger partial charge in [0.1, 0.15) is 5.75 Å². The van der Waals surface area contributed by atoms with Crippen LogP contribution in [0.25, 0.3) is 0 Å². The third-order valence-electron chi connectivity index (χ3n) is 5.58. The minimum absolute atomic E-state index is 0.681. The van der Waals surface area contributed by atoms with Crippen LogP contribution in [0.2, 0.25) is 0 Å². The van der Waals surface area contributed by atoms with Crippen molar-refractivity contribution in [1.29, 1.82) is 0 Å². The molecule has 3 rings (SSSR count). The summed E-state index contributed by atoms with van der Waals surface area (Å²) in [5, 5.41) is 0. The first kappa shape index (κ1) is 14.7. The van der Waals surface area contributed by atoms with Crippen LogP contribution in [0, 0.1) is 5.41 Å². The molecule has 1 spiro atoms. The number of likely N-dealkylation sites (tertiary alicyclic amines) is 1. The lowest BCUT2D eigenvalue weighted by Gasteiger charge is -2.44. The number of benzene rings is 1. The van der Waals surface area contributed by atoms with Crippen LogP contribution >= 0.6 is 0 Å². The summed E-state index contributed by atoms with van der Waals surface area (Å²) in [6.07, 6.45) is 10.0. The molecule has 1 aromatic carbocycles. The summed E-state index contributed by atoms with van der Waals surface area (Å²) < 4.78 is 5.22. The van der Waals surface area contributed by atoms with Crippen molar-refractivity contribution in [2.24, 2.45) is 5.41 Å². The topological polar surface area (TPSA) is 38.5 Å². The van der Waals surface area contributed by atoms with E-state index in [1.54, 1.807) is 7.11 Å². The number of nitrogens with two attached hydrogens (primary N) is 1. The average Bonchev–Trinajstić information content (AvgIpc) is 2.52. The number of nitrogen functional groups attached to an aromatic ring is 1. The Morgan fingerprint density at radius 2 is 1.81 bits per heavy atom. The average molecular weight is 288 g/mol. The van der Waals surface area contributed by atoms with Gasteiger partial charge in [0, 0.05) is 18.3 Å². The Hall–Kier alpha value is -1.22. The monoisotopic (exact) mass is 288 g/mol. The fourth-order valence-electron chi connectivity index (χ4n) is 4.07. The number of nitrogens with zero attached hydrogens (tertiary/aromatic N) is 1. The second kappa shape index (κ2) is 6.27. The highest BCUT2D eigenvalue weighted by atomic mass is 16.5. The standard InChI is InChI=1S/C18H28N2O/c1-21-16-6-5-15(17(19)13-16)14-20-11-9-18(10-12-20)7-3-2-4-8-18/h5-6,13H,2-4,7-12,14,19H2,1H3. The quantitative estimate of drug-likeness (QED) is 0.859. The normalized spacial score (nSPS) is 22.3. The van der Waals surface area contributed by atoms with Crippen LogP contribution in [0.1, 0.15) is 50.5 Å². The molecule has 0 radical (unpaired) electrons. The lowest BCUT2D eigenvalue weighted by Crippen LogP contribution is -2.40. The van der Waals surface area contributed by atoms with Gasteiger partial charge in [-0.3, -0.25) is 4.90 Å². The molecule has 1 aliphatic heterocycles. The van der Waals surface area contributed by atoms with Crippen LogP contribution in [-0.2, 0) is 6.54 Å². The maximum atomic E-state index is 6.14. The molecular formula is C18H28N2O. The van der Waals surface area contributed by atoms with E-state index in [0.29, 0.717) is 5.41 Å². The number of piperidine rings is 1. The van der Waals surface area contributed by atoms with Gasteiger partial charge in [-0.05, 0) is 55.8 Å². The van der Waals surface area contributed by atoms with E-state index >= 15 is 0 Å². The van der Waals surface area contributed by atoms with Crippen molar-refractivity contribution in [2.45, 2.75) is 51.5 Å². The van der Waals surface area contributed by atoms with Crippen LogP contribution in [-0.4, -0.2) is 25.1 Å². The number of rotatable bonds is 3. The molecule has 0 amide bonds. The van der Waals surface area contributed by atoms with Crippen molar-refractivity contribution in [2.75, 3.05) is 25.9 Å². The second-order valence-corrected chi connectivity index (χ2v) is 6.90. The Bertz CT molecular complexity index is 470. The largest absolute Gasteiger partial charge is 0.497 e. The van der Waals surface area contributed by atoms with Gasteiger partial charge in [-0.1, -0.05) is 25.3 Å². The summed E-state index contributed by atoms with van der Waals surface area (Å²) in [5.41, 5.74) is 8.91. The van der Waals surface area contributed by atoms with Gasteiger partial charge in [0.25, 0.3) is 0 Å². The van der Waals surface area contributed by atoms with Crippen LogP contribution in [0.3, 0.4) is 0 Å². The maximum Gasteiger partial charge on any atom is 0.120 e. The highest BCUT2D eigenvalue weighted by molar-refractivity contribution is 5.51. The first-order valence-corrected chi connectivity index (χ1v) is 8.36. The zero-order valence-electron chi connectivity index (χ0n) is 13.2. The van der Waals surface area contributed by atoms with E-state index < -0.39 is 0 Å². The van der Waals surface area contributed by atoms with Crippen LogP contribution in [0.15, 0.2) is 18.2 Å². The summed E-state index contributed by atoms with van der Waals surface area (Å²) in [6, 6.07) is 6.05. The minimum Gasteiger partial charge on any atom is -0.497 e. The van der Waals surface area contributed by atoms with Crippen molar-refractivity contribution in [3.05, 3.63) is 23.8 Å². The molecule has 21 heavy (non-hydrogen) atoms. The molecule has 2 N–H and O–H groups in total. The Labute approximate surface area is 128 Å². The molecule has 116 valence electrons. The predicted octanol–water partition coefficient (Wildman–Crippen LogP) is 3.82. The van der Waals surface area contributed by atoms with Gasteiger partial charge >= 0.3 is 0 Å². The van der Waals surface area contributed by atoms with E-state index in [1.807, 2.05) is 12.1 Å². The van der Waals surface area contributed by atoms with Crippen LogP contribution in [0.5, 0.6) is 5.75 Å². The zero-order chi connectivity index (χ0) is 14.7. The molecular weight excluding hydrogens is 260 g/mol. The summed E-state index contributed by atoms with van der Waals surface area (Å²) in [7, 11) is 1.68. The molecule has 3 nitrogen and oxygen atoms in total. The Kier molecular flexibility index (Phi) is 4.39. The lowest BCUT2D eigenvalue weighted by molar-refractivity contribution is 0.0642. The Morgan fingerprint density at radius 3 is 2.43 bits per heavy atom. The Balaban J connectivity index is 1.57. The SMILES string of the molecule is COc1ccc(CN2CCC3(CCCCC3)CC2)c(N)c1. The van der Waals surface area contributed by atoms with Crippen molar-refractivity contribution in [1.82, 2.24) is 4.90 Å². The summed E-state index contributed by atoms with van der Waals surface area (Å²) >= 11 is 0. The fraction of sp³-hybridized carbons (Fsp3) is 0.667. The highest BCUT2D eigenvalue weighted by Crippen LogP contribution is 2.44. The van der Waals surface area contributed by atoms with Gasteiger partial charge in [-0.15, -0.1) is 0 Å². The summed E-state index contributed by atoms with van der Waals surface area (Å²) in [6.45, 7) is 3.43. The maximum absolute atomic E-state index is 6.14. The van der Waals surface area contributed by atoms with E-state index in [9.17, 15) is 0 Å². The number of hydrogen-bond acceptors (Lipinski definition) is 3. The molecule has 0 aromatic heterocycles. The highest BCUT2D eigenvalue weighted by Gasteiger charge is 2.35. The smallest absolute Gasteiger partial charge is 0.120 e. The zero-order valence-corrected chi connectivity index (χ0v) is 13.2. The molecule has 3 heteroatoms. The fourth-order valence-corrected chi connectivity index (χ4v) is 4.07. The molecule has 1 heterocycles. The molecule has 0 atom stereocenters. The molecule has 2 aliphatic rings. The predicted molar refractivity (Wildman–Crippen MR) is 87.4 cm³/mol. The van der Waals surface area contributed by atoms with Gasteiger partial charge in [0.05, 0.1) is 7.11 Å². The second-order valence-electron chi connectivity index (χ2n) is 6.90.